The topological polar surface area (TPSA) is 41.5 Å². The van der Waals surface area contributed by atoms with Gasteiger partial charge in [-0.05, 0) is 6.92 Å². The molecule has 2 N–H and O–H groups in total. The Hall–Kier alpha value is -0.120. The van der Waals surface area contributed by atoms with Crippen molar-refractivity contribution in [3.05, 3.63) is 0 Å². The average molecular weight is 131 g/mol. The lowest BCUT2D eigenvalue weighted by Crippen LogP contribution is -2.44. The van der Waals surface area contributed by atoms with Gasteiger partial charge in [-0.15, -0.1) is 0 Å². The molecule has 2 atom stereocenters. The van der Waals surface area contributed by atoms with Gasteiger partial charge in [0.1, 0.15) is 0 Å². The molecule has 0 saturated carbocycles. The summed E-state index contributed by atoms with van der Waals surface area (Å²) < 4.78 is 5.32. The second kappa shape index (κ2) is 3.15. The molecule has 3 nitrogen and oxygen atoms in total. The summed E-state index contributed by atoms with van der Waals surface area (Å²) in [5.74, 6) is 0. The zero-order valence-electron chi connectivity index (χ0n) is 5.63. The van der Waals surface area contributed by atoms with Crippen LogP contribution in [0.4, 0.5) is 0 Å². The second-order valence-corrected chi connectivity index (χ2v) is 2.41. The highest BCUT2D eigenvalue weighted by Crippen LogP contribution is 2.00. The Kier molecular flexibility index (Phi) is 2.45. The van der Waals surface area contributed by atoms with E-state index < -0.39 is 0 Å². The molecule has 1 fully saturated rings. The van der Waals surface area contributed by atoms with Crippen LogP contribution in [-0.4, -0.2) is 37.0 Å². The van der Waals surface area contributed by atoms with Gasteiger partial charge in [-0.3, -0.25) is 0 Å². The van der Waals surface area contributed by atoms with E-state index in [0.717, 1.165) is 13.1 Å². The minimum atomic E-state index is 0.00810. The maximum Gasteiger partial charge on any atom is 0.0933 e. The van der Waals surface area contributed by atoms with E-state index in [2.05, 4.69) is 5.32 Å². The molecule has 0 spiro atoms. The fourth-order valence-electron chi connectivity index (χ4n) is 0.980. The van der Waals surface area contributed by atoms with Crippen molar-refractivity contribution in [2.24, 2.45) is 0 Å². The van der Waals surface area contributed by atoms with Crippen LogP contribution < -0.4 is 5.32 Å². The summed E-state index contributed by atoms with van der Waals surface area (Å²) in [6, 6.07) is 0. The quantitative estimate of drug-likeness (QED) is 0.497. The van der Waals surface area contributed by atoms with E-state index in [4.69, 9.17) is 9.84 Å². The third kappa shape index (κ3) is 1.93. The Balaban J connectivity index is 2.23. The lowest BCUT2D eigenvalue weighted by atomic mass is 10.3. The van der Waals surface area contributed by atoms with Gasteiger partial charge in [0, 0.05) is 13.1 Å². The molecule has 0 amide bonds. The van der Waals surface area contributed by atoms with Gasteiger partial charge in [0.15, 0.2) is 0 Å². The highest BCUT2D eigenvalue weighted by atomic mass is 16.5. The van der Waals surface area contributed by atoms with Crippen molar-refractivity contribution in [3.63, 3.8) is 0 Å². The zero-order valence-corrected chi connectivity index (χ0v) is 5.63. The van der Waals surface area contributed by atoms with Crippen molar-refractivity contribution in [2.75, 3.05) is 19.7 Å². The molecule has 0 aromatic rings. The molecule has 0 aliphatic carbocycles. The van der Waals surface area contributed by atoms with E-state index >= 15 is 0 Å². The average Bonchev–Trinajstić information content (AvgIpc) is 1.88. The van der Waals surface area contributed by atoms with Crippen LogP contribution in [0.2, 0.25) is 0 Å². The van der Waals surface area contributed by atoms with Crippen molar-refractivity contribution < 1.29 is 9.84 Å². The van der Waals surface area contributed by atoms with Crippen LogP contribution in [0, 0.1) is 0 Å². The molecule has 0 aromatic carbocycles. The van der Waals surface area contributed by atoms with Crippen molar-refractivity contribution in [3.8, 4) is 0 Å². The molecule has 1 rings (SSSR count). The fourth-order valence-corrected chi connectivity index (χ4v) is 0.980. The van der Waals surface area contributed by atoms with Crippen LogP contribution in [-0.2, 0) is 4.74 Å². The van der Waals surface area contributed by atoms with E-state index in [-0.39, 0.29) is 18.8 Å². The van der Waals surface area contributed by atoms with E-state index in [9.17, 15) is 0 Å². The Morgan fingerprint density at radius 2 is 2.44 bits per heavy atom. The smallest absolute Gasteiger partial charge is 0.0933 e. The van der Waals surface area contributed by atoms with E-state index in [1.54, 1.807) is 0 Å². The Morgan fingerprint density at radius 3 is 2.89 bits per heavy atom. The van der Waals surface area contributed by atoms with Crippen molar-refractivity contribution in [2.45, 2.75) is 19.1 Å². The summed E-state index contributed by atoms with van der Waals surface area (Å²) in [5.41, 5.74) is 0. The Labute approximate surface area is 55.0 Å². The van der Waals surface area contributed by atoms with Crippen LogP contribution in [0.25, 0.3) is 0 Å². The van der Waals surface area contributed by atoms with Crippen LogP contribution in [0.15, 0.2) is 0 Å². The first-order chi connectivity index (χ1) is 4.33. The molecular weight excluding hydrogens is 118 g/mol. The van der Waals surface area contributed by atoms with Gasteiger partial charge in [-0.25, -0.2) is 0 Å². The molecule has 0 aromatic heterocycles. The van der Waals surface area contributed by atoms with Gasteiger partial charge in [-0.2, -0.15) is 0 Å². The van der Waals surface area contributed by atoms with Gasteiger partial charge >= 0.3 is 0 Å². The van der Waals surface area contributed by atoms with Crippen LogP contribution in [0.3, 0.4) is 0 Å². The molecule has 0 radical (unpaired) electrons. The van der Waals surface area contributed by atoms with Gasteiger partial charge in [0.25, 0.3) is 0 Å². The number of rotatable bonds is 1. The highest BCUT2D eigenvalue weighted by molar-refractivity contribution is 4.70. The maximum absolute atomic E-state index is 8.64. The summed E-state index contributed by atoms with van der Waals surface area (Å²) in [4.78, 5) is 0. The number of hydrogen-bond acceptors (Lipinski definition) is 3. The largest absolute Gasteiger partial charge is 0.394 e. The lowest BCUT2D eigenvalue weighted by Gasteiger charge is -2.27. The van der Waals surface area contributed by atoms with E-state index in [1.807, 2.05) is 6.92 Å². The van der Waals surface area contributed by atoms with Gasteiger partial charge in [0.2, 0.25) is 0 Å². The fraction of sp³-hybridized carbons (Fsp3) is 1.00. The first-order valence-corrected chi connectivity index (χ1v) is 3.30. The molecule has 9 heavy (non-hydrogen) atoms. The van der Waals surface area contributed by atoms with Gasteiger partial charge < -0.3 is 15.2 Å². The number of ether oxygens (including phenoxy) is 1. The predicted octanol–water partition coefficient (Wildman–Crippen LogP) is -0.644. The molecule has 1 aliphatic heterocycles. The molecule has 1 saturated heterocycles. The van der Waals surface area contributed by atoms with Crippen molar-refractivity contribution >= 4 is 0 Å². The summed E-state index contributed by atoms with van der Waals surface area (Å²) in [7, 11) is 0. The monoisotopic (exact) mass is 131 g/mol. The Bertz CT molecular complexity index is 87.1. The molecule has 3 heteroatoms. The number of aliphatic hydroxyl groups excluding tert-OH is 1. The highest BCUT2D eigenvalue weighted by Gasteiger charge is 2.16. The van der Waals surface area contributed by atoms with Crippen molar-refractivity contribution in [1.29, 1.82) is 0 Å². The second-order valence-electron chi connectivity index (χ2n) is 2.41. The molecule has 1 aliphatic rings. The lowest BCUT2D eigenvalue weighted by molar-refractivity contribution is -0.0518. The van der Waals surface area contributed by atoms with Gasteiger partial charge in [-0.1, -0.05) is 0 Å². The summed E-state index contributed by atoms with van der Waals surface area (Å²) in [5, 5.41) is 11.8. The summed E-state index contributed by atoms with van der Waals surface area (Å²) in [6.07, 6.45) is 0.254. The minimum absolute atomic E-state index is 0.00810. The summed E-state index contributed by atoms with van der Waals surface area (Å²) in [6.45, 7) is 3.80. The number of aliphatic hydroxyl groups is 1. The Morgan fingerprint density at radius 1 is 1.67 bits per heavy atom. The normalized spacial score (nSPS) is 36.7. The zero-order chi connectivity index (χ0) is 6.69. The predicted molar refractivity (Wildman–Crippen MR) is 34.3 cm³/mol. The molecule has 1 unspecified atom stereocenters. The van der Waals surface area contributed by atoms with Gasteiger partial charge in [0.05, 0.1) is 18.8 Å². The third-order valence-electron chi connectivity index (χ3n) is 1.43. The molecule has 54 valence electrons. The van der Waals surface area contributed by atoms with Crippen LogP contribution in [0.5, 0.6) is 0 Å². The first-order valence-electron chi connectivity index (χ1n) is 3.30. The maximum atomic E-state index is 8.64. The van der Waals surface area contributed by atoms with Crippen LogP contribution in [0.1, 0.15) is 6.92 Å². The van der Waals surface area contributed by atoms with E-state index in [0.29, 0.717) is 0 Å². The number of morpholine rings is 1. The minimum Gasteiger partial charge on any atom is -0.394 e. The third-order valence-corrected chi connectivity index (χ3v) is 1.43. The first kappa shape index (κ1) is 6.99. The standard InChI is InChI=1S/C6H13NO2/c1-5-2-7-3-6(4-8)9-5/h5-8H,2-4H2,1H3/t5?,6-/m0/s1. The molecule has 0 bridgehead atoms. The van der Waals surface area contributed by atoms with Crippen molar-refractivity contribution in [1.82, 2.24) is 5.32 Å². The number of nitrogens with one attached hydrogen (secondary N) is 1. The summed E-state index contributed by atoms with van der Waals surface area (Å²) >= 11 is 0. The molecular formula is C6H13NO2. The van der Waals surface area contributed by atoms with E-state index in [1.165, 1.54) is 0 Å². The van der Waals surface area contributed by atoms with Crippen LogP contribution >= 0.6 is 0 Å². The molecule has 1 heterocycles. The SMILES string of the molecule is CC1CNC[C@@H](CO)O1. The number of hydrogen-bond donors (Lipinski definition) is 2.